The molecule has 1 fully saturated rings. The molecule has 0 aromatic carbocycles. The van der Waals surface area contributed by atoms with E-state index >= 15 is 0 Å². The Labute approximate surface area is 69.3 Å². The Morgan fingerprint density at radius 1 is 1.55 bits per heavy atom. The topological polar surface area (TPSA) is 21.3 Å². The van der Waals surface area contributed by atoms with E-state index in [1.54, 1.807) is 0 Å². The molecule has 1 rings (SSSR count). The zero-order chi connectivity index (χ0) is 8.10. The highest BCUT2D eigenvalue weighted by Gasteiger charge is 2.26. The first-order chi connectivity index (χ1) is 5.34. The molecule has 0 amide bonds. The fourth-order valence-electron chi connectivity index (χ4n) is 1.27. The van der Waals surface area contributed by atoms with E-state index in [2.05, 4.69) is 12.2 Å². The van der Waals surface area contributed by atoms with E-state index < -0.39 is 0 Å². The summed E-state index contributed by atoms with van der Waals surface area (Å²) < 4.78 is 5.22. The van der Waals surface area contributed by atoms with Gasteiger partial charge in [0, 0.05) is 19.2 Å². The monoisotopic (exact) mass is 157 g/mol. The van der Waals surface area contributed by atoms with Gasteiger partial charge in [-0.05, 0) is 32.6 Å². The van der Waals surface area contributed by atoms with E-state index in [0.29, 0.717) is 6.04 Å². The summed E-state index contributed by atoms with van der Waals surface area (Å²) in [7, 11) is 0. The summed E-state index contributed by atoms with van der Waals surface area (Å²) in [5.74, 6) is 0.955. The molecule has 11 heavy (non-hydrogen) atoms. The summed E-state index contributed by atoms with van der Waals surface area (Å²) in [6.45, 7) is 6.99. The zero-order valence-corrected chi connectivity index (χ0v) is 7.60. The number of nitrogens with one attached hydrogen (secondary N) is 1. The van der Waals surface area contributed by atoms with Gasteiger partial charge >= 0.3 is 0 Å². The second-order valence-corrected chi connectivity index (χ2v) is 3.28. The van der Waals surface area contributed by atoms with Gasteiger partial charge in [-0.3, -0.25) is 0 Å². The first-order valence-corrected chi connectivity index (χ1v) is 4.65. The SMILES string of the molecule is CCOCCNC(C)C1CC1. The lowest BCUT2D eigenvalue weighted by molar-refractivity contribution is 0.146. The van der Waals surface area contributed by atoms with Crippen molar-refractivity contribution in [1.82, 2.24) is 5.32 Å². The molecule has 1 atom stereocenters. The number of hydrogen-bond acceptors (Lipinski definition) is 2. The van der Waals surface area contributed by atoms with Crippen LogP contribution in [0.15, 0.2) is 0 Å². The molecule has 0 spiro atoms. The van der Waals surface area contributed by atoms with Crippen molar-refractivity contribution in [3.05, 3.63) is 0 Å². The Balaban J connectivity index is 1.85. The molecule has 0 aliphatic heterocycles. The van der Waals surface area contributed by atoms with Gasteiger partial charge in [0.1, 0.15) is 0 Å². The van der Waals surface area contributed by atoms with E-state index in [1.807, 2.05) is 6.92 Å². The maximum absolute atomic E-state index is 5.22. The predicted molar refractivity (Wildman–Crippen MR) is 46.7 cm³/mol. The van der Waals surface area contributed by atoms with E-state index in [9.17, 15) is 0 Å². The van der Waals surface area contributed by atoms with Crippen molar-refractivity contribution >= 4 is 0 Å². The number of rotatable bonds is 6. The molecule has 66 valence electrons. The van der Waals surface area contributed by atoms with E-state index in [-0.39, 0.29) is 0 Å². The molecule has 1 saturated carbocycles. The third-order valence-electron chi connectivity index (χ3n) is 2.25. The highest BCUT2D eigenvalue weighted by molar-refractivity contribution is 4.82. The van der Waals surface area contributed by atoms with Crippen LogP contribution in [-0.2, 0) is 4.74 Å². The van der Waals surface area contributed by atoms with Crippen LogP contribution in [0.1, 0.15) is 26.7 Å². The molecule has 0 saturated heterocycles. The van der Waals surface area contributed by atoms with Crippen molar-refractivity contribution in [3.8, 4) is 0 Å². The highest BCUT2D eigenvalue weighted by Crippen LogP contribution is 2.32. The molecule has 0 bridgehead atoms. The second kappa shape index (κ2) is 4.73. The van der Waals surface area contributed by atoms with Crippen molar-refractivity contribution in [1.29, 1.82) is 0 Å². The standard InChI is InChI=1S/C9H19NO/c1-3-11-7-6-10-8(2)9-4-5-9/h8-10H,3-7H2,1-2H3. The highest BCUT2D eigenvalue weighted by atomic mass is 16.5. The van der Waals surface area contributed by atoms with Crippen LogP contribution < -0.4 is 5.32 Å². The van der Waals surface area contributed by atoms with Gasteiger partial charge in [-0.25, -0.2) is 0 Å². The Bertz CT molecular complexity index is 102. The summed E-state index contributed by atoms with van der Waals surface area (Å²) in [5.41, 5.74) is 0. The van der Waals surface area contributed by atoms with Crippen molar-refractivity contribution in [2.24, 2.45) is 5.92 Å². The average molecular weight is 157 g/mol. The van der Waals surface area contributed by atoms with Crippen LogP contribution in [0.3, 0.4) is 0 Å². The van der Waals surface area contributed by atoms with Crippen LogP contribution in [0.25, 0.3) is 0 Å². The smallest absolute Gasteiger partial charge is 0.0590 e. The van der Waals surface area contributed by atoms with Crippen LogP contribution in [0, 0.1) is 5.92 Å². The molecule has 1 aliphatic rings. The van der Waals surface area contributed by atoms with Gasteiger partial charge in [0.2, 0.25) is 0 Å². The largest absolute Gasteiger partial charge is 0.380 e. The molecule has 0 heterocycles. The van der Waals surface area contributed by atoms with E-state index in [0.717, 1.165) is 25.7 Å². The molecular weight excluding hydrogens is 138 g/mol. The third kappa shape index (κ3) is 3.73. The van der Waals surface area contributed by atoms with E-state index in [4.69, 9.17) is 4.74 Å². The Morgan fingerprint density at radius 2 is 2.27 bits per heavy atom. The molecule has 0 aromatic rings. The van der Waals surface area contributed by atoms with Crippen LogP contribution in [0.5, 0.6) is 0 Å². The van der Waals surface area contributed by atoms with Gasteiger partial charge in [-0.15, -0.1) is 0 Å². The molecule has 0 aromatic heterocycles. The van der Waals surface area contributed by atoms with Gasteiger partial charge in [0.15, 0.2) is 0 Å². The summed E-state index contributed by atoms with van der Waals surface area (Å²) in [4.78, 5) is 0. The van der Waals surface area contributed by atoms with Crippen LogP contribution in [-0.4, -0.2) is 25.8 Å². The van der Waals surface area contributed by atoms with Gasteiger partial charge in [-0.1, -0.05) is 0 Å². The lowest BCUT2D eigenvalue weighted by atomic mass is 10.2. The lowest BCUT2D eigenvalue weighted by Gasteiger charge is -2.11. The van der Waals surface area contributed by atoms with Crippen LogP contribution in [0.2, 0.25) is 0 Å². The second-order valence-electron chi connectivity index (χ2n) is 3.28. The van der Waals surface area contributed by atoms with Crippen molar-refractivity contribution in [2.75, 3.05) is 19.8 Å². The minimum Gasteiger partial charge on any atom is -0.380 e. The minimum atomic E-state index is 0.704. The normalized spacial score (nSPS) is 20.2. The van der Waals surface area contributed by atoms with Crippen LogP contribution in [0.4, 0.5) is 0 Å². The van der Waals surface area contributed by atoms with Crippen molar-refractivity contribution in [2.45, 2.75) is 32.7 Å². The van der Waals surface area contributed by atoms with Crippen molar-refractivity contribution in [3.63, 3.8) is 0 Å². The maximum Gasteiger partial charge on any atom is 0.0590 e. The Hall–Kier alpha value is -0.0800. The quantitative estimate of drug-likeness (QED) is 0.589. The summed E-state index contributed by atoms with van der Waals surface area (Å²) in [6.07, 6.45) is 2.84. The maximum atomic E-state index is 5.22. The fraction of sp³-hybridized carbons (Fsp3) is 1.00. The van der Waals surface area contributed by atoms with Gasteiger partial charge in [-0.2, -0.15) is 0 Å². The summed E-state index contributed by atoms with van der Waals surface area (Å²) in [5, 5.41) is 3.45. The lowest BCUT2D eigenvalue weighted by Crippen LogP contribution is -2.30. The predicted octanol–water partition coefficient (Wildman–Crippen LogP) is 1.41. The van der Waals surface area contributed by atoms with Crippen molar-refractivity contribution < 1.29 is 4.74 Å². The van der Waals surface area contributed by atoms with Crippen LogP contribution >= 0.6 is 0 Å². The summed E-state index contributed by atoms with van der Waals surface area (Å²) in [6, 6.07) is 0.704. The number of hydrogen-bond donors (Lipinski definition) is 1. The third-order valence-corrected chi connectivity index (χ3v) is 2.25. The molecule has 1 N–H and O–H groups in total. The Kier molecular flexibility index (Phi) is 3.87. The summed E-state index contributed by atoms with van der Waals surface area (Å²) >= 11 is 0. The minimum absolute atomic E-state index is 0.704. The number of ether oxygens (including phenoxy) is 1. The molecule has 1 aliphatic carbocycles. The zero-order valence-electron chi connectivity index (χ0n) is 7.60. The van der Waals surface area contributed by atoms with Gasteiger partial charge in [0.05, 0.1) is 6.61 Å². The molecule has 0 radical (unpaired) electrons. The molecule has 2 nitrogen and oxygen atoms in total. The van der Waals surface area contributed by atoms with Gasteiger partial charge < -0.3 is 10.1 Å². The fourth-order valence-corrected chi connectivity index (χ4v) is 1.27. The average Bonchev–Trinajstić information content (AvgIpc) is 2.79. The van der Waals surface area contributed by atoms with Gasteiger partial charge in [0.25, 0.3) is 0 Å². The Morgan fingerprint density at radius 3 is 2.82 bits per heavy atom. The molecule has 1 unspecified atom stereocenters. The van der Waals surface area contributed by atoms with E-state index in [1.165, 1.54) is 12.8 Å². The molecule has 2 heteroatoms. The first kappa shape index (κ1) is 9.01. The first-order valence-electron chi connectivity index (χ1n) is 4.65. The molecular formula is C9H19NO.